The second-order valence-electron chi connectivity index (χ2n) is 5.00. The molecule has 2 aromatic rings. The second-order valence-corrected chi connectivity index (χ2v) is 5.00. The monoisotopic (exact) mass is 258 g/mol. The molecular weight excluding hydrogens is 240 g/mol. The van der Waals surface area contributed by atoms with Gasteiger partial charge in [-0.1, -0.05) is 0 Å². The molecule has 1 fully saturated rings. The van der Waals surface area contributed by atoms with Crippen LogP contribution in [-0.2, 0) is 0 Å². The summed E-state index contributed by atoms with van der Waals surface area (Å²) in [5.74, 6) is 1.41. The maximum Gasteiger partial charge on any atom is 0.225 e. The second kappa shape index (κ2) is 4.87. The van der Waals surface area contributed by atoms with E-state index in [-0.39, 0.29) is 0 Å². The topological polar surface area (TPSA) is 72.9 Å². The largest absolute Gasteiger partial charge is 0.382 e. The molecule has 0 spiro atoms. The molecule has 2 aromatic heterocycles. The summed E-state index contributed by atoms with van der Waals surface area (Å²) >= 11 is 0. The number of nitrogen functional groups attached to an aromatic ring is 1. The van der Waals surface area contributed by atoms with Crippen molar-refractivity contribution in [3.05, 3.63) is 30.2 Å². The summed E-state index contributed by atoms with van der Waals surface area (Å²) in [5.41, 5.74) is 6.74. The molecule has 6 nitrogen and oxygen atoms in total. The summed E-state index contributed by atoms with van der Waals surface area (Å²) in [4.78, 5) is 11.0. The van der Waals surface area contributed by atoms with Crippen molar-refractivity contribution >= 4 is 11.8 Å². The first-order valence-electron chi connectivity index (χ1n) is 6.56. The van der Waals surface area contributed by atoms with Gasteiger partial charge in [-0.3, -0.25) is 4.68 Å². The SMILES string of the molecule is Cc1cnc(N2CCC(n3ccc(N)n3)CC2)nc1. The lowest BCUT2D eigenvalue weighted by Crippen LogP contribution is -2.35. The molecule has 0 aromatic carbocycles. The van der Waals surface area contributed by atoms with Crippen molar-refractivity contribution in [3.8, 4) is 0 Å². The highest BCUT2D eigenvalue weighted by Gasteiger charge is 2.22. The molecule has 1 aliphatic rings. The van der Waals surface area contributed by atoms with E-state index in [0.717, 1.165) is 37.4 Å². The van der Waals surface area contributed by atoms with Gasteiger partial charge in [0.1, 0.15) is 5.82 Å². The fourth-order valence-electron chi connectivity index (χ4n) is 2.44. The van der Waals surface area contributed by atoms with Crippen molar-refractivity contribution in [3.63, 3.8) is 0 Å². The molecule has 0 bridgehead atoms. The van der Waals surface area contributed by atoms with E-state index in [2.05, 4.69) is 20.0 Å². The lowest BCUT2D eigenvalue weighted by atomic mass is 10.1. The van der Waals surface area contributed by atoms with Crippen LogP contribution in [-0.4, -0.2) is 32.8 Å². The van der Waals surface area contributed by atoms with E-state index in [0.29, 0.717) is 11.9 Å². The van der Waals surface area contributed by atoms with Gasteiger partial charge >= 0.3 is 0 Å². The van der Waals surface area contributed by atoms with Crippen LogP contribution in [0.1, 0.15) is 24.4 Å². The van der Waals surface area contributed by atoms with Crippen molar-refractivity contribution < 1.29 is 0 Å². The molecule has 1 aliphatic heterocycles. The van der Waals surface area contributed by atoms with Gasteiger partial charge in [-0.2, -0.15) is 5.10 Å². The summed E-state index contributed by atoms with van der Waals surface area (Å²) in [7, 11) is 0. The third kappa shape index (κ3) is 2.52. The van der Waals surface area contributed by atoms with E-state index < -0.39 is 0 Å². The first-order chi connectivity index (χ1) is 9.22. The Morgan fingerprint density at radius 1 is 1.21 bits per heavy atom. The molecule has 19 heavy (non-hydrogen) atoms. The molecule has 0 unspecified atom stereocenters. The van der Waals surface area contributed by atoms with Gasteiger partial charge in [0, 0.05) is 31.7 Å². The van der Waals surface area contributed by atoms with Crippen LogP contribution >= 0.6 is 0 Å². The molecule has 0 amide bonds. The smallest absolute Gasteiger partial charge is 0.225 e. The molecule has 0 aliphatic carbocycles. The van der Waals surface area contributed by atoms with Crippen LogP contribution in [0.25, 0.3) is 0 Å². The van der Waals surface area contributed by atoms with Crippen LogP contribution < -0.4 is 10.6 Å². The van der Waals surface area contributed by atoms with Gasteiger partial charge in [-0.05, 0) is 31.4 Å². The van der Waals surface area contributed by atoms with E-state index in [1.807, 2.05) is 36.3 Å². The number of hydrogen-bond acceptors (Lipinski definition) is 5. The van der Waals surface area contributed by atoms with E-state index in [9.17, 15) is 0 Å². The molecule has 6 heteroatoms. The Bertz CT molecular complexity index is 539. The summed E-state index contributed by atoms with van der Waals surface area (Å²) < 4.78 is 1.97. The molecule has 100 valence electrons. The first-order valence-corrected chi connectivity index (χ1v) is 6.56. The molecule has 0 saturated carbocycles. The van der Waals surface area contributed by atoms with E-state index >= 15 is 0 Å². The van der Waals surface area contributed by atoms with Gasteiger partial charge in [0.15, 0.2) is 0 Å². The lowest BCUT2D eigenvalue weighted by Gasteiger charge is -2.32. The molecule has 3 heterocycles. The van der Waals surface area contributed by atoms with Crippen molar-refractivity contribution in [1.82, 2.24) is 19.7 Å². The normalized spacial score (nSPS) is 16.8. The summed E-state index contributed by atoms with van der Waals surface area (Å²) in [5, 5.41) is 4.29. The Morgan fingerprint density at radius 2 is 1.89 bits per heavy atom. The maximum absolute atomic E-state index is 5.66. The van der Waals surface area contributed by atoms with Crippen LogP contribution in [0.15, 0.2) is 24.7 Å². The number of piperidine rings is 1. The number of anilines is 2. The third-order valence-corrected chi connectivity index (χ3v) is 3.52. The average Bonchev–Trinajstić information content (AvgIpc) is 2.87. The standard InChI is InChI=1S/C13H18N6/c1-10-8-15-13(16-9-10)18-5-2-11(3-6-18)19-7-4-12(14)17-19/h4,7-9,11H,2-3,5-6H2,1H3,(H2,14,17). The van der Waals surface area contributed by atoms with Gasteiger partial charge < -0.3 is 10.6 Å². The average molecular weight is 258 g/mol. The Balaban J connectivity index is 1.64. The molecule has 0 radical (unpaired) electrons. The Hall–Kier alpha value is -2.11. The molecular formula is C13H18N6. The summed E-state index contributed by atoms with van der Waals surface area (Å²) in [6.07, 6.45) is 7.76. The van der Waals surface area contributed by atoms with Gasteiger partial charge in [-0.25, -0.2) is 9.97 Å². The lowest BCUT2D eigenvalue weighted by molar-refractivity contribution is 0.365. The zero-order valence-electron chi connectivity index (χ0n) is 11.0. The fraction of sp³-hybridized carbons (Fsp3) is 0.462. The highest BCUT2D eigenvalue weighted by atomic mass is 15.3. The van der Waals surface area contributed by atoms with Crippen molar-refractivity contribution in [2.45, 2.75) is 25.8 Å². The van der Waals surface area contributed by atoms with Crippen LogP contribution in [0.2, 0.25) is 0 Å². The highest BCUT2D eigenvalue weighted by Crippen LogP contribution is 2.24. The third-order valence-electron chi connectivity index (χ3n) is 3.52. The zero-order chi connectivity index (χ0) is 13.2. The zero-order valence-corrected chi connectivity index (χ0v) is 11.0. The minimum Gasteiger partial charge on any atom is -0.382 e. The number of hydrogen-bond donors (Lipinski definition) is 1. The summed E-state index contributed by atoms with van der Waals surface area (Å²) in [6, 6.07) is 2.27. The minimum atomic E-state index is 0.430. The molecule has 2 N–H and O–H groups in total. The van der Waals surface area contributed by atoms with Gasteiger partial charge in [0.25, 0.3) is 0 Å². The van der Waals surface area contributed by atoms with E-state index in [1.165, 1.54) is 0 Å². The van der Waals surface area contributed by atoms with E-state index in [4.69, 9.17) is 5.73 Å². The predicted octanol–water partition coefficient (Wildman–Crippen LogP) is 1.41. The molecule has 1 saturated heterocycles. The minimum absolute atomic E-state index is 0.430. The van der Waals surface area contributed by atoms with Gasteiger partial charge in [0.05, 0.1) is 6.04 Å². The number of nitrogens with two attached hydrogens (primary N) is 1. The van der Waals surface area contributed by atoms with Crippen LogP contribution in [0.3, 0.4) is 0 Å². The first kappa shape index (κ1) is 12.0. The van der Waals surface area contributed by atoms with Crippen LogP contribution in [0, 0.1) is 6.92 Å². The van der Waals surface area contributed by atoms with Crippen LogP contribution in [0.5, 0.6) is 0 Å². The molecule has 3 rings (SSSR count). The highest BCUT2D eigenvalue weighted by molar-refractivity contribution is 5.30. The van der Waals surface area contributed by atoms with Crippen LogP contribution in [0.4, 0.5) is 11.8 Å². The number of aryl methyl sites for hydroxylation is 1. The van der Waals surface area contributed by atoms with Gasteiger partial charge in [0.2, 0.25) is 5.95 Å². The number of nitrogens with zero attached hydrogens (tertiary/aromatic N) is 5. The van der Waals surface area contributed by atoms with Gasteiger partial charge in [-0.15, -0.1) is 0 Å². The number of aromatic nitrogens is 4. The maximum atomic E-state index is 5.66. The Morgan fingerprint density at radius 3 is 2.47 bits per heavy atom. The Kier molecular flexibility index (Phi) is 3.06. The fourth-order valence-corrected chi connectivity index (χ4v) is 2.44. The summed E-state index contributed by atoms with van der Waals surface area (Å²) in [6.45, 7) is 3.90. The van der Waals surface area contributed by atoms with E-state index in [1.54, 1.807) is 0 Å². The van der Waals surface area contributed by atoms with Crippen molar-refractivity contribution in [2.75, 3.05) is 23.7 Å². The quantitative estimate of drug-likeness (QED) is 0.881. The predicted molar refractivity (Wildman–Crippen MR) is 73.9 cm³/mol. The number of rotatable bonds is 2. The van der Waals surface area contributed by atoms with Crippen molar-refractivity contribution in [1.29, 1.82) is 0 Å². The Labute approximate surface area is 112 Å². The van der Waals surface area contributed by atoms with Crippen molar-refractivity contribution in [2.24, 2.45) is 0 Å². The molecule has 0 atom stereocenters.